The van der Waals surface area contributed by atoms with Crippen LogP contribution < -0.4 is 10.1 Å². The van der Waals surface area contributed by atoms with Crippen LogP contribution in [-0.2, 0) is 9.53 Å². The van der Waals surface area contributed by atoms with Crippen molar-refractivity contribution < 1.29 is 19.4 Å². The summed E-state index contributed by atoms with van der Waals surface area (Å²) in [5.41, 5.74) is 1.54. The maximum absolute atomic E-state index is 13.6. The van der Waals surface area contributed by atoms with E-state index in [1.807, 2.05) is 6.07 Å². The fraction of sp³-hybridized carbons (Fsp3) is 0.759. The van der Waals surface area contributed by atoms with E-state index in [1.54, 1.807) is 0 Å². The molecule has 0 spiro atoms. The van der Waals surface area contributed by atoms with Gasteiger partial charge in [-0.1, -0.05) is 46.5 Å². The molecule has 2 fully saturated rings. The largest absolute Gasteiger partial charge is 0.508 e. The molecule has 0 radical (unpaired) electrons. The Morgan fingerprint density at radius 1 is 1.23 bits per heavy atom. The van der Waals surface area contributed by atoms with E-state index < -0.39 is 5.60 Å². The molecule has 5 unspecified atom stereocenters. The Bertz CT molecular complexity index is 880. The Balaban J connectivity index is 1.62. The number of morpholine rings is 1. The van der Waals surface area contributed by atoms with Gasteiger partial charge in [0.25, 0.3) is 0 Å². The highest BCUT2D eigenvalue weighted by atomic mass is 16.5. The van der Waals surface area contributed by atoms with Crippen LogP contribution in [0.25, 0.3) is 0 Å². The number of carbonyl (C=O) groups excluding carboxylic acids is 1. The van der Waals surface area contributed by atoms with E-state index in [4.69, 9.17) is 9.47 Å². The molecule has 1 aromatic carbocycles. The monoisotopic (exact) mass is 486 g/mol. The molecular weight excluding hydrogens is 440 g/mol. The number of phenolic OH excluding ortho intramolecular Hbond substituents is 1. The number of phenols is 1. The topological polar surface area (TPSA) is 71.0 Å². The number of nitrogens with one attached hydrogen (secondary N) is 1. The lowest BCUT2D eigenvalue weighted by molar-refractivity contribution is -0.126. The Morgan fingerprint density at radius 3 is 2.69 bits per heavy atom. The lowest BCUT2D eigenvalue weighted by Gasteiger charge is -2.50. The second-order valence-electron chi connectivity index (χ2n) is 11.6. The molecule has 4 rings (SSSR count). The first-order valence-electron chi connectivity index (χ1n) is 13.8. The van der Waals surface area contributed by atoms with Crippen molar-refractivity contribution in [1.82, 2.24) is 10.2 Å². The lowest BCUT2D eigenvalue weighted by Crippen LogP contribution is -2.59. The summed E-state index contributed by atoms with van der Waals surface area (Å²) in [6.45, 7) is 15.2. The Hall–Kier alpha value is -1.63. The van der Waals surface area contributed by atoms with Crippen molar-refractivity contribution >= 4 is 5.78 Å². The third-order valence-electron chi connectivity index (χ3n) is 8.83. The molecule has 2 N–H and O–H groups in total. The highest BCUT2D eigenvalue weighted by molar-refractivity contribution is 5.87. The van der Waals surface area contributed by atoms with Crippen LogP contribution in [0, 0.1) is 11.8 Å². The summed E-state index contributed by atoms with van der Waals surface area (Å²) in [7, 11) is 0. The summed E-state index contributed by atoms with van der Waals surface area (Å²) >= 11 is 0. The minimum atomic E-state index is -0.404. The number of aromatic hydroxyl groups is 1. The normalized spacial score (nSPS) is 27.9. The van der Waals surface area contributed by atoms with Crippen LogP contribution in [0.5, 0.6) is 11.5 Å². The molecule has 0 bridgehead atoms. The highest BCUT2D eigenvalue weighted by Crippen LogP contribution is 2.53. The third kappa shape index (κ3) is 5.70. The average Bonchev–Trinajstić information content (AvgIpc) is 2.83. The average molecular weight is 487 g/mol. The van der Waals surface area contributed by atoms with E-state index >= 15 is 0 Å². The van der Waals surface area contributed by atoms with E-state index in [0.29, 0.717) is 31.6 Å². The maximum Gasteiger partial charge on any atom is 0.164 e. The van der Waals surface area contributed by atoms with E-state index in [-0.39, 0.29) is 29.4 Å². The van der Waals surface area contributed by atoms with Gasteiger partial charge in [-0.05, 0) is 56.3 Å². The molecule has 6 nitrogen and oxygen atoms in total. The smallest absolute Gasteiger partial charge is 0.164 e. The molecule has 0 amide bonds. The second kappa shape index (κ2) is 11.2. The number of Topliss-reactive ketones (excluding diaryl/α,β-unsaturated/α-hetero) is 1. The van der Waals surface area contributed by atoms with Gasteiger partial charge in [0.15, 0.2) is 5.78 Å². The van der Waals surface area contributed by atoms with Crippen LogP contribution in [0.15, 0.2) is 12.1 Å². The van der Waals surface area contributed by atoms with Crippen molar-refractivity contribution in [3.8, 4) is 11.5 Å². The zero-order valence-electron chi connectivity index (χ0n) is 22.4. The van der Waals surface area contributed by atoms with Crippen molar-refractivity contribution in [1.29, 1.82) is 0 Å². The molecule has 0 aliphatic carbocycles. The first-order valence-corrected chi connectivity index (χ1v) is 13.8. The highest BCUT2D eigenvalue weighted by Gasteiger charge is 2.51. The van der Waals surface area contributed by atoms with Crippen LogP contribution in [0.4, 0.5) is 0 Å². The SMILES string of the molecule is CCCCCC(C)C(C)c1cc(O)c2c(c1)OC(C)(C)C1CCNC(C(=O)CN3CCOCC3)C21. The third-order valence-corrected chi connectivity index (χ3v) is 8.83. The maximum atomic E-state index is 13.6. The van der Waals surface area contributed by atoms with Gasteiger partial charge in [-0.2, -0.15) is 0 Å². The Labute approximate surface area is 211 Å². The van der Waals surface area contributed by atoms with Gasteiger partial charge in [0.05, 0.1) is 25.8 Å². The molecule has 3 aliphatic rings. The predicted molar refractivity (Wildman–Crippen MR) is 139 cm³/mol. The molecule has 35 heavy (non-hydrogen) atoms. The number of fused-ring (bicyclic) bond motifs is 3. The van der Waals surface area contributed by atoms with Gasteiger partial charge >= 0.3 is 0 Å². The molecule has 2 saturated heterocycles. The summed E-state index contributed by atoms with van der Waals surface area (Å²) in [4.78, 5) is 15.8. The molecule has 3 heterocycles. The minimum absolute atomic E-state index is 0.0950. The molecule has 196 valence electrons. The first kappa shape index (κ1) is 26.4. The van der Waals surface area contributed by atoms with Gasteiger partial charge in [-0.25, -0.2) is 0 Å². The summed E-state index contributed by atoms with van der Waals surface area (Å²) in [6.07, 6.45) is 5.84. The number of ketones is 1. The first-order chi connectivity index (χ1) is 16.7. The quantitative estimate of drug-likeness (QED) is 0.487. The van der Waals surface area contributed by atoms with E-state index in [0.717, 1.165) is 42.9 Å². The number of hydrogen-bond acceptors (Lipinski definition) is 6. The van der Waals surface area contributed by atoms with Crippen molar-refractivity contribution in [2.24, 2.45) is 11.8 Å². The molecule has 6 heteroatoms. The van der Waals surface area contributed by atoms with E-state index in [2.05, 4.69) is 50.9 Å². The van der Waals surface area contributed by atoms with Crippen molar-refractivity contribution in [3.63, 3.8) is 0 Å². The summed E-state index contributed by atoms with van der Waals surface area (Å²) < 4.78 is 12.0. The predicted octanol–water partition coefficient (Wildman–Crippen LogP) is 4.85. The molecule has 0 aromatic heterocycles. The zero-order valence-corrected chi connectivity index (χ0v) is 22.4. The van der Waals surface area contributed by atoms with Crippen LogP contribution >= 0.6 is 0 Å². The standard InChI is InChI=1S/C29H46N2O4/c1-6-7-8-9-19(2)20(3)21-16-23(32)27-25(17-21)35-29(4,5)22-10-11-30-28(26(22)27)24(33)18-31-12-14-34-15-13-31/h16-17,19-20,22,26,28,30,32H,6-15,18H2,1-5H3. The fourth-order valence-electron chi connectivity index (χ4n) is 6.44. The number of rotatable bonds is 9. The van der Waals surface area contributed by atoms with Crippen molar-refractivity contribution in [2.75, 3.05) is 39.4 Å². The summed E-state index contributed by atoms with van der Waals surface area (Å²) in [5, 5.41) is 14.9. The molecule has 1 aromatic rings. The van der Waals surface area contributed by atoms with Gasteiger partial charge in [0.1, 0.15) is 17.1 Å². The lowest BCUT2D eigenvalue weighted by atomic mass is 9.66. The Kier molecular flexibility index (Phi) is 8.45. The number of carbonyl (C=O) groups is 1. The van der Waals surface area contributed by atoms with Gasteiger partial charge in [-0.3, -0.25) is 9.69 Å². The number of nitrogens with zero attached hydrogens (tertiary/aromatic N) is 1. The van der Waals surface area contributed by atoms with E-state index in [9.17, 15) is 9.90 Å². The molecular formula is C29H46N2O4. The number of hydrogen-bond donors (Lipinski definition) is 2. The molecule has 3 aliphatic heterocycles. The fourth-order valence-corrected chi connectivity index (χ4v) is 6.44. The molecule has 5 atom stereocenters. The van der Waals surface area contributed by atoms with Gasteiger partial charge in [0, 0.05) is 30.5 Å². The van der Waals surface area contributed by atoms with Crippen molar-refractivity contribution in [2.45, 2.75) is 90.2 Å². The van der Waals surface area contributed by atoms with Crippen LogP contribution in [0.2, 0.25) is 0 Å². The van der Waals surface area contributed by atoms with Crippen LogP contribution in [-0.4, -0.2) is 66.8 Å². The minimum Gasteiger partial charge on any atom is -0.508 e. The van der Waals surface area contributed by atoms with Crippen molar-refractivity contribution in [3.05, 3.63) is 23.3 Å². The second-order valence-corrected chi connectivity index (χ2v) is 11.6. The van der Waals surface area contributed by atoms with Gasteiger partial charge < -0.3 is 19.9 Å². The summed E-state index contributed by atoms with van der Waals surface area (Å²) in [5.74, 6) is 2.17. The zero-order chi connectivity index (χ0) is 25.2. The Morgan fingerprint density at radius 2 is 1.97 bits per heavy atom. The number of unbranched alkanes of at least 4 members (excludes halogenated alkanes) is 2. The van der Waals surface area contributed by atoms with Gasteiger partial charge in [0.2, 0.25) is 0 Å². The number of ether oxygens (including phenoxy) is 2. The number of benzene rings is 1. The van der Waals surface area contributed by atoms with E-state index in [1.165, 1.54) is 25.7 Å². The molecule has 0 saturated carbocycles. The summed E-state index contributed by atoms with van der Waals surface area (Å²) in [6, 6.07) is 3.77. The van der Waals surface area contributed by atoms with Gasteiger partial charge in [-0.15, -0.1) is 0 Å². The van der Waals surface area contributed by atoms with Crippen LogP contribution in [0.3, 0.4) is 0 Å². The number of piperidine rings is 1. The van der Waals surface area contributed by atoms with Crippen LogP contribution in [0.1, 0.15) is 89.7 Å².